The Hall–Kier alpha value is 0.160. The van der Waals surface area contributed by atoms with Crippen molar-refractivity contribution in [3.8, 4) is 0 Å². The van der Waals surface area contributed by atoms with Crippen LogP contribution in [0.15, 0.2) is 0 Å². The van der Waals surface area contributed by atoms with Crippen molar-refractivity contribution in [3.05, 3.63) is 0 Å². The molecule has 1 aliphatic rings. The number of rotatable bonds is 2. The van der Waals surface area contributed by atoms with Gasteiger partial charge in [-0.25, -0.2) is 0 Å². The van der Waals surface area contributed by atoms with Crippen molar-refractivity contribution in [1.29, 1.82) is 0 Å². The van der Waals surface area contributed by atoms with Crippen molar-refractivity contribution < 1.29 is 14.4 Å². The fourth-order valence-electron chi connectivity index (χ4n) is 2.10. The fraction of sp³-hybridized carbons (Fsp3) is 0.909. The van der Waals surface area contributed by atoms with Crippen LogP contribution in [-0.4, -0.2) is 35.1 Å². The number of carbonyl (C=O) groups excluding carboxylic acids is 1. The third-order valence-electron chi connectivity index (χ3n) is 3.40. The molecule has 0 aromatic carbocycles. The number of esters is 1. The molecule has 1 N–H and O–H groups in total. The van der Waals surface area contributed by atoms with Crippen molar-refractivity contribution in [1.82, 2.24) is 0 Å². The van der Waals surface area contributed by atoms with Crippen LogP contribution in [0.5, 0.6) is 0 Å². The van der Waals surface area contributed by atoms with Crippen molar-refractivity contribution in [2.45, 2.75) is 55.7 Å². The van der Waals surface area contributed by atoms with E-state index in [4.69, 9.17) is 4.74 Å². The molecule has 0 spiro atoms. The molecule has 88 valence electrons. The van der Waals surface area contributed by atoms with Crippen LogP contribution in [0, 0.1) is 0 Å². The molecule has 0 saturated carbocycles. The Balaban J connectivity index is 2.48. The zero-order valence-corrected chi connectivity index (χ0v) is 12.1. The summed E-state index contributed by atoms with van der Waals surface area (Å²) >= 11 is 2.10. The molecule has 1 heterocycles. The number of hydrogen-bond acceptors (Lipinski definition) is 2. The molecule has 1 aliphatic heterocycles. The normalized spacial score (nSPS) is 38.5. The van der Waals surface area contributed by atoms with Crippen LogP contribution in [0.25, 0.3) is 0 Å². The minimum Gasteiger partial charge on any atom is -0.461 e. The van der Waals surface area contributed by atoms with E-state index in [1.807, 2.05) is 6.92 Å². The molecule has 15 heavy (non-hydrogen) atoms. The number of ether oxygens (including phenoxy) is 1. The largest absolute Gasteiger partial charge is 0.461 e. The Morgan fingerprint density at radius 1 is 1.40 bits per heavy atom. The first-order chi connectivity index (χ1) is 6.91. The number of quaternary nitrogens is 1. The Kier molecular flexibility index (Phi) is 4.83. The van der Waals surface area contributed by atoms with Crippen molar-refractivity contribution in [2.75, 3.05) is 7.05 Å². The summed E-state index contributed by atoms with van der Waals surface area (Å²) in [5, 5.41) is 0. The van der Waals surface area contributed by atoms with Crippen molar-refractivity contribution in [2.24, 2.45) is 0 Å². The molecular formula is C11H21INO2+. The lowest BCUT2D eigenvalue weighted by Crippen LogP contribution is -3.17. The van der Waals surface area contributed by atoms with Crippen LogP contribution in [-0.2, 0) is 9.53 Å². The van der Waals surface area contributed by atoms with E-state index in [0.29, 0.717) is 12.1 Å². The summed E-state index contributed by atoms with van der Waals surface area (Å²) in [5.74, 6) is -0.0699. The van der Waals surface area contributed by atoms with Gasteiger partial charge in [-0.05, 0) is 20.8 Å². The molecule has 3 nitrogen and oxygen atoms in total. The van der Waals surface area contributed by atoms with Gasteiger partial charge in [0, 0.05) is 12.8 Å². The van der Waals surface area contributed by atoms with E-state index >= 15 is 0 Å². The second-order valence-corrected chi connectivity index (χ2v) is 6.56. The average molecular weight is 326 g/mol. The van der Waals surface area contributed by atoms with Gasteiger partial charge < -0.3 is 9.64 Å². The highest BCUT2D eigenvalue weighted by molar-refractivity contribution is 14.1. The highest BCUT2D eigenvalue weighted by Crippen LogP contribution is 2.15. The number of hydrogen-bond donors (Lipinski definition) is 1. The van der Waals surface area contributed by atoms with Crippen molar-refractivity contribution in [3.63, 3.8) is 0 Å². The molecule has 0 amide bonds. The number of carbonyl (C=O) groups is 1. The van der Waals surface area contributed by atoms with Crippen LogP contribution in [0.2, 0.25) is 0 Å². The predicted octanol–water partition coefficient (Wildman–Crippen LogP) is 0.807. The first-order valence-corrected chi connectivity index (χ1v) is 6.84. The standard InChI is InChI=1S/C11H20INO2/c1-7-5-10(6-8(2)13(7)4)15-11(14)9(3)12/h7-10H,5-6H2,1-4H3/p+1. The SMILES string of the molecule is CC(I)C(=O)OC1CC(C)[NH+](C)C(C)C1. The quantitative estimate of drug-likeness (QED) is 0.462. The van der Waals surface area contributed by atoms with Crippen LogP contribution in [0.1, 0.15) is 33.6 Å². The Labute approximate surface area is 106 Å². The maximum Gasteiger partial charge on any atom is 0.318 e. The van der Waals surface area contributed by atoms with Gasteiger partial charge in [-0.1, -0.05) is 22.6 Å². The minimum atomic E-state index is -0.0699. The van der Waals surface area contributed by atoms with Crippen LogP contribution < -0.4 is 4.90 Å². The molecule has 0 aromatic heterocycles. The van der Waals surface area contributed by atoms with Gasteiger partial charge in [-0.15, -0.1) is 0 Å². The minimum absolute atomic E-state index is 0.0415. The first kappa shape index (κ1) is 13.2. The molecule has 1 fully saturated rings. The molecule has 3 atom stereocenters. The average Bonchev–Trinajstić information content (AvgIpc) is 2.13. The number of halogens is 1. The third-order valence-corrected chi connectivity index (χ3v) is 3.90. The molecule has 0 aromatic rings. The zero-order chi connectivity index (χ0) is 11.6. The summed E-state index contributed by atoms with van der Waals surface area (Å²) in [7, 11) is 2.22. The van der Waals surface area contributed by atoms with E-state index in [2.05, 4.69) is 43.5 Å². The first-order valence-electron chi connectivity index (χ1n) is 5.59. The highest BCUT2D eigenvalue weighted by Gasteiger charge is 2.34. The van der Waals surface area contributed by atoms with E-state index in [9.17, 15) is 4.79 Å². The van der Waals surface area contributed by atoms with E-state index in [1.165, 1.54) is 0 Å². The lowest BCUT2D eigenvalue weighted by molar-refractivity contribution is -0.933. The van der Waals surface area contributed by atoms with Gasteiger partial charge in [-0.2, -0.15) is 0 Å². The number of piperidine rings is 1. The van der Waals surface area contributed by atoms with Crippen LogP contribution in [0.3, 0.4) is 0 Å². The Morgan fingerprint density at radius 2 is 1.87 bits per heavy atom. The van der Waals surface area contributed by atoms with Gasteiger partial charge in [-0.3, -0.25) is 4.79 Å². The molecule has 0 bridgehead atoms. The summed E-state index contributed by atoms with van der Waals surface area (Å²) in [6.07, 6.45) is 2.11. The van der Waals surface area contributed by atoms with Gasteiger partial charge in [0.05, 0.1) is 19.1 Å². The molecule has 0 aliphatic carbocycles. The molecule has 3 unspecified atom stereocenters. The van der Waals surface area contributed by atoms with Crippen LogP contribution >= 0.6 is 22.6 Å². The van der Waals surface area contributed by atoms with E-state index in [1.54, 1.807) is 4.90 Å². The second-order valence-electron chi connectivity index (χ2n) is 4.69. The maximum atomic E-state index is 11.5. The fourth-order valence-corrected chi connectivity index (χ4v) is 2.24. The number of alkyl halides is 1. The van der Waals surface area contributed by atoms with E-state index in [0.717, 1.165) is 12.8 Å². The third kappa shape index (κ3) is 3.59. The lowest BCUT2D eigenvalue weighted by Gasteiger charge is -2.36. The summed E-state index contributed by atoms with van der Waals surface area (Å²) in [4.78, 5) is 13.0. The number of nitrogens with one attached hydrogen (secondary N) is 1. The summed E-state index contributed by atoms with van der Waals surface area (Å²) in [6.45, 7) is 6.31. The van der Waals surface area contributed by atoms with E-state index < -0.39 is 0 Å². The topological polar surface area (TPSA) is 30.7 Å². The second kappa shape index (κ2) is 5.48. The summed E-state index contributed by atoms with van der Waals surface area (Å²) < 4.78 is 5.44. The molecule has 0 radical (unpaired) electrons. The molecule has 1 saturated heterocycles. The summed E-state index contributed by atoms with van der Waals surface area (Å²) in [6, 6.07) is 1.16. The lowest BCUT2D eigenvalue weighted by atomic mass is 9.95. The molecular weight excluding hydrogens is 305 g/mol. The predicted molar refractivity (Wildman–Crippen MR) is 68.4 cm³/mol. The van der Waals surface area contributed by atoms with Crippen LogP contribution in [0.4, 0.5) is 0 Å². The monoisotopic (exact) mass is 326 g/mol. The Morgan fingerprint density at radius 3 is 2.27 bits per heavy atom. The number of likely N-dealkylation sites (tertiary alicyclic amines) is 1. The highest BCUT2D eigenvalue weighted by atomic mass is 127. The van der Waals surface area contributed by atoms with Gasteiger partial charge in [0.1, 0.15) is 10.0 Å². The molecule has 1 rings (SSSR count). The molecule has 4 heteroatoms. The van der Waals surface area contributed by atoms with Gasteiger partial charge >= 0.3 is 5.97 Å². The van der Waals surface area contributed by atoms with Gasteiger partial charge in [0.15, 0.2) is 0 Å². The van der Waals surface area contributed by atoms with Crippen molar-refractivity contribution >= 4 is 28.6 Å². The van der Waals surface area contributed by atoms with Gasteiger partial charge in [0.25, 0.3) is 0 Å². The summed E-state index contributed by atoms with van der Waals surface area (Å²) in [5.41, 5.74) is 0. The smallest absolute Gasteiger partial charge is 0.318 e. The Bertz CT molecular complexity index is 221. The maximum absolute atomic E-state index is 11.5. The van der Waals surface area contributed by atoms with Gasteiger partial charge in [0.2, 0.25) is 0 Å². The zero-order valence-electron chi connectivity index (χ0n) is 9.92. The van der Waals surface area contributed by atoms with E-state index in [-0.39, 0.29) is 16.0 Å².